The lowest BCUT2D eigenvalue weighted by atomic mass is 10.2. The van der Waals surface area contributed by atoms with Crippen LogP contribution in [-0.4, -0.2) is 25.2 Å². The van der Waals surface area contributed by atoms with Crippen molar-refractivity contribution in [3.05, 3.63) is 24.0 Å². The number of carbonyl (C=O) groups excluding carboxylic acids is 1. The quantitative estimate of drug-likeness (QED) is 0.840. The highest BCUT2D eigenvalue weighted by molar-refractivity contribution is 5.75. The van der Waals surface area contributed by atoms with Crippen molar-refractivity contribution < 1.29 is 18.7 Å². The first-order chi connectivity index (χ1) is 8.31. The third-order valence-corrected chi connectivity index (χ3v) is 2.01. The van der Waals surface area contributed by atoms with E-state index in [0.717, 1.165) is 0 Å². The highest BCUT2D eigenvalue weighted by Gasteiger charge is 2.15. The summed E-state index contributed by atoms with van der Waals surface area (Å²) in [7, 11) is 1.40. The minimum absolute atomic E-state index is 0.0109. The fourth-order valence-corrected chi connectivity index (χ4v) is 1.33. The Morgan fingerprint density at radius 2 is 2.06 bits per heavy atom. The molecule has 4 nitrogen and oxygen atoms in total. The average molecular weight is 255 g/mol. The van der Waals surface area contributed by atoms with Crippen LogP contribution < -0.4 is 10.1 Å². The summed E-state index contributed by atoms with van der Waals surface area (Å²) < 4.78 is 23.3. The Morgan fingerprint density at radius 3 is 2.56 bits per heavy atom. The molecule has 18 heavy (non-hydrogen) atoms. The molecule has 1 aromatic carbocycles. The van der Waals surface area contributed by atoms with Gasteiger partial charge in [-0.1, -0.05) is 0 Å². The monoisotopic (exact) mass is 255 g/mol. The molecule has 0 atom stereocenters. The van der Waals surface area contributed by atoms with Crippen LogP contribution in [-0.2, 0) is 9.53 Å². The van der Waals surface area contributed by atoms with E-state index >= 15 is 0 Å². The minimum atomic E-state index is -0.524. The topological polar surface area (TPSA) is 47.6 Å². The normalized spacial score (nSPS) is 10.9. The highest BCUT2D eigenvalue weighted by atomic mass is 19.1. The molecule has 0 saturated carbocycles. The maximum Gasteiger partial charge on any atom is 0.325 e. The van der Waals surface area contributed by atoms with Crippen molar-refractivity contribution in [2.45, 2.75) is 26.4 Å². The van der Waals surface area contributed by atoms with E-state index in [-0.39, 0.29) is 12.3 Å². The molecule has 0 heterocycles. The van der Waals surface area contributed by atoms with E-state index in [1.807, 2.05) is 0 Å². The molecule has 0 amide bonds. The lowest BCUT2D eigenvalue weighted by Gasteiger charge is -2.19. The van der Waals surface area contributed by atoms with Gasteiger partial charge in [0, 0.05) is 11.8 Å². The van der Waals surface area contributed by atoms with Gasteiger partial charge in [0.25, 0.3) is 0 Å². The fraction of sp³-hybridized carbons (Fsp3) is 0.462. The van der Waals surface area contributed by atoms with Gasteiger partial charge in [0.1, 0.15) is 12.1 Å². The second kappa shape index (κ2) is 5.71. The van der Waals surface area contributed by atoms with Gasteiger partial charge in [0.15, 0.2) is 11.6 Å². The number of nitrogens with one attached hydrogen (secondary N) is 1. The third kappa shape index (κ3) is 4.61. The Bertz CT molecular complexity index is 427. The zero-order chi connectivity index (χ0) is 13.8. The number of halogens is 1. The van der Waals surface area contributed by atoms with Gasteiger partial charge in [-0.3, -0.25) is 4.79 Å². The Balaban J connectivity index is 2.54. The number of rotatable bonds is 4. The van der Waals surface area contributed by atoms with Crippen LogP contribution in [0.3, 0.4) is 0 Å². The van der Waals surface area contributed by atoms with Crippen molar-refractivity contribution in [3.8, 4) is 5.75 Å². The molecule has 0 aliphatic carbocycles. The summed E-state index contributed by atoms with van der Waals surface area (Å²) in [6.07, 6.45) is 0. The summed E-state index contributed by atoms with van der Waals surface area (Å²) in [6.45, 7) is 5.36. The largest absolute Gasteiger partial charge is 0.494 e. The lowest BCUT2D eigenvalue weighted by Crippen LogP contribution is -2.28. The summed E-state index contributed by atoms with van der Waals surface area (Å²) >= 11 is 0. The van der Waals surface area contributed by atoms with Gasteiger partial charge in [-0.25, -0.2) is 4.39 Å². The van der Waals surface area contributed by atoms with Crippen molar-refractivity contribution in [1.29, 1.82) is 0 Å². The van der Waals surface area contributed by atoms with Gasteiger partial charge >= 0.3 is 5.97 Å². The van der Waals surface area contributed by atoms with Crippen molar-refractivity contribution in [2.24, 2.45) is 0 Å². The van der Waals surface area contributed by atoms with Crippen LogP contribution in [0.2, 0.25) is 0 Å². The Labute approximate surface area is 106 Å². The Kier molecular flexibility index (Phi) is 4.53. The SMILES string of the molecule is COc1ccc(NCC(=O)OC(C)(C)C)cc1F. The van der Waals surface area contributed by atoms with E-state index in [1.54, 1.807) is 26.8 Å². The molecular formula is C13H18FNO3. The van der Waals surface area contributed by atoms with Gasteiger partial charge in [-0.05, 0) is 32.9 Å². The molecular weight excluding hydrogens is 237 g/mol. The number of esters is 1. The number of carbonyl (C=O) groups is 1. The molecule has 5 heteroatoms. The number of ether oxygens (including phenoxy) is 2. The predicted octanol–water partition coefficient (Wildman–Crippen LogP) is 2.59. The van der Waals surface area contributed by atoms with Crippen molar-refractivity contribution in [3.63, 3.8) is 0 Å². The van der Waals surface area contributed by atoms with E-state index in [9.17, 15) is 9.18 Å². The maximum atomic E-state index is 13.4. The van der Waals surface area contributed by atoms with Crippen LogP contribution in [0.25, 0.3) is 0 Å². The summed E-state index contributed by atoms with van der Waals surface area (Å²) in [6, 6.07) is 4.39. The Hall–Kier alpha value is -1.78. The van der Waals surface area contributed by atoms with Crippen LogP contribution in [0.1, 0.15) is 20.8 Å². The predicted molar refractivity (Wildman–Crippen MR) is 67.3 cm³/mol. The smallest absolute Gasteiger partial charge is 0.325 e. The molecule has 0 radical (unpaired) electrons. The highest BCUT2D eigenvalue weighted by Crippen LogP contribution is 2.20. The van der Waals surface area contributed by atoms with Crippen LogP contribution in [0.15, 0.2) is 18.2 Å². The third-order valence-electron chi connectivity index (χ3n) is 2.01. The molecule has 0 saturated heterocycles. The summed E-state index contributed by atoms with van der Waals surface area (Å²) in [4.78, 5) is 11.4. The summed E-state index contributed by atoms with van der Waals surface area (Å²) in [5.41, 5.74) is -0.0247. The second-order valence-electron chi connectivity index (χ2n) is 4.79. The summed E-state index contributed by atoms with van der Waals surface area (Å²) in [5.74, 6) is -0.705. The van der Waals surface area contributed by atoms with Crippen LogP contribution in [0, 0.1) is 5.82 Å². The molecule has 0 spiro atoms. The molecule has 1 aromatic rings. The first-order valence-electron chi connectivity index (χ1n) is 5.61. The second-order valence-corrected chi connectivity index (χ2v) is 4.79. The van der Waals surface area contributed by atoms with E-state index in [4.69, 9.17) is 9.47 Å². The first kappa shape index (κ1) is 14.3. The van der Waals surface area contributed by atoms with Gasteiger partial charge in [-0.2, -0.15) is 0 Å². The number of hydrogen-bond donors (Lipinski definition) is 1. The molecule has 0 fully saturated rings. The standard InChI is InChI=1S/C13H18FNO3/c1-13(2,3)18-12(16)8-15-9-5-6-11(17-4)10(14)7-9/h5-7,15H,8H2,1-4H3. The summed E-state index contributed by atoms with van der Waals surface area (Å²) in [5, 5.41) is 2.79. The molecule has 100 valence electrons. The molecule has 0 bridgehead atoms. The fourth-order valence-electron chi connectivity index (χ4n) is 1.33. The van der Waals surface area contributed by atoms with Gasteiger partial charge in [-0.15, -0.1) is 0 Å². The van der Waals surface area contributed by atoms with E-state index in [2.05, 4.69) is 5.32 Å². The van der Waals surface area contributed by atoms with E-state index in [1.165, 1.54) is 19.2 Å². The molecule has 0 unspecified atom stereocenters. The van der Waals surface area contributed by atoms with Crippen molar-refractivity contribution in [1.82, 2.24) is 0 Å². The number of benzene rings is 1. The molecule has 1 N–H and O–H groups in total. The minimum Gasteiger partial charge on any atom is -0.494 e. The maximum absolute atomic E-state index is 13.4. The number of anilines is 1. The van der Waals surface area contributed by atoms with E-state index in [0.29, 0.717) is 5.69 Å². The zero-order valence-electron chi connectivity index (χ0n) is 11.0. The first-order valence-corrected chi connectivity index (χ1v) is 5.61. The van der Waals surface area contributed by atoms with Crippen molar-refractivity contribution in [2.75, 3.05) is 19.0 Å². The van der Waals surface area contributed by atoms with Gasteiger partial charge in [0.05, 0.1) is 7.11 Å². The number of hydrogen-bond acceptors (Lipinski definition) is 4. The Morgan fingerprint density at radius 1 is 1.39 bits per heavy atom. The zero-order valence-corrected chi connectivity index (χ0v) is 11.0. The average Bonchev–Trinajstić information content (AvgIpc) is 2.24. The molecule has 1 rings (SSSR count). The molecule has 0 aliphatic heterocycles. The molecule has 0 aromatic heterocycles. The molecule has 0 aliphatic rings. The van der Waals surface area contributed by atoms with Crippen LogP contribution in [0.4, 0.5) is 10.1 Å². The van der Waals surface area contributed by atoms with Gasteiger partial charge < -0.3 is 14.8 Å². The van der Waals surface area contributed by atoms with Crippen LogP contribution in [0.5, 0.6) is 5.75 Å². The van der Waals surface area contributed by atoms with Crippen LogP contribution >= 0.6 is 0 Å². The lowest BCUT2D eigenvalue weighted by molar-refractivity contribution is -0.152. The number of methoxy groups -OCH3 is 1. The van der Waals surface area contributed by atoms with Gasteiger partial charge in [0.2, 0.25) is 0 Å². The van der Waals surface area contributed by atoms with Crippen molar-refractivity contribution >= 4 is 11.7 Å². The van der Waals surface area contributed by atoms with E-state index < -0.39 is 17.4 Å².